The Morgan fingerprint density at radius 2 is 1.54 bits per heavy atom. The van der Waals surface area contributed by atoms with Crippen molar-refractivity contribution in [1.82, 2.24) is 5.32 Å². The average Bonchev–Trinajstić information content (AvgIpc) is 2.91. The first-order valence-electron chi connectivity index (χ1n) is 11.6. The molecule has 4 nitrogen and oxygen atoms in total. The molecule has 1 aliphatic rings. The van der Waals surface area contributed by atoms with Gasteiger partial charge in [0.2, 0.25) is 0 Å². The van der Waals surface area contributed by atoms with Gasteiger partial charge in [0.05, 0.1) is 23.8 Å². The Morgan fingerprint density at radius 1 is 0.971 bits per heavy atom. The number of benzene rings is 3. The van der Waals surface area contributed by atoms with E-state index in [9.17, 15) is 4.79 Å². The number of ether oxygens (including phenoxy) is 1. The summed E-state index contributed by atoms with van der Waals surface area (Å²) >= 11 is 6.47. The molecule has 0 saturated carbocycles. The van der Waals surface area contributed by atoms with Crippen LogP contribution in [0.25, 0.3) is 6.08 Å². The van der Waals surface area contributed by atoms with Crippen molar-refractivity contribution < 1.29 is 14.6 Å². The lowest BCUT2D eigenvalue weighted by Crippen LogP contribution is -2.39. The smallest absolute Gasteiger partial charge is 0.157 e. The SMILES string of the molecule is O=C/C(Br)=C\c1ccccc1.OC[C@@H](Br)Cc1ccccc1.c1ccc(C[C@@H]2CNCCO2)cc1. The molecule has 3 aromatic carbocycles. The second kappa shape index (κ2) is 18.2. The number of hydrogen-bond acceptors (Lipinski definition) is 4. The molecular formula is C29H33Br2NO3. The van der Waals surface area contributed by atoms with Crippen LogP contribution in [0.3, 0.4) is 0 Å². The topological polar surface area (TPSA) is 58.6 Å². The predicted molar refractivity (Wildman–Crippen MR) is 152 cm³/mol. The molecule has 1 heterocycles. The molecule has 0 radical (unpaired) electrons. The third-order valence-electron chi connectivity index (χ3n) is 5.03. The van der Waals surface area contributed by atoms with E-state index in [1.165, 1.54) is 11.1 Å². The van der Waals surface area contributed by atoms with Gasteiger partial charge in [0.1, 0.15) is 0 Å². The molecule has 0 amide bonds. The fourth-order valence-electron chi connectivity index (χ4n) is 3.30. The molecule has 2 N–H and O–H groups in total. The Kier molecular flexibility index (Phi) is 15.2. The fraction of sp³-hybridized carbons (Fsp3) is 0.276. The lowest BCUT2D eigenvalue weighted by atomic mass is 10.1. The van der Waals surface area contributed by atoms with Gasteiger partial charge in [0.25, 0.3) is 0 Å². The lowest BCUT2D eigenvalue weighted by Gasteiger charge is -2.23. The molecule has 1 fully saturated rings. The second-order valence-electron chi connectivity index (χ2n) is 7.91. The van der Waals surface area contributed by atoms with E-state index in [1.54, 1.807) is 6.08 Å². The summed E-state index contributed by atoms with van der Waals surface area (Å²) in [4.78, 5) is 10.4. The number of carbonyl (C=O) groups excluding carboxylic acids is 1. The van der Waals surface area contributed by atoms with E-state index in [0.29, 0.717) is 10.6 Å². The van der Waals surface area contributed by atoms with Gasteiger partial charge >= 0.3 is 0 Å². The van der Waals surface area contributed by atoms with Crippen molar-refractivity contribution in [2.45, 2.75) is 23.8 Å². The van der Waals surface area contributed by atoms with E-state index in [4.69, 9.17) is 9.84 Å². The van der Waals surface area contributed by atoms with E-state index in [-0.39, 0.29) is 11.4 Å². The monoisotopic (exact) mass is 601 g/mol. The molecule has 0 aliphatic carbocycles. The summed E-state index contributed by atoms with van der Waals surface area (Å²) < 4.78 is 6.18. The van der Waals surface area contributed by atoms with Crippen LogP contribution >= 0.6 is 31.9 Å². The van der Waals surface area contributed by atoms with Gasteiger partial charge in [0.15, 0.2) is 6.29 Å². The maximum Gasteiger partial charge on any atom is 0.157 e. The molecule has 1 aliphatic heterocycles. The molecule has 4 rings (SSSR count). The van der Waals surface area contributed by atoms with Crippen LogP contribution in [-0.4, -0.2) is 48.6 Å². The summed E-state index contributed by atoms with van der Waals surface area (Å²) in [6, 6.07) is 30.3. The van der Waals surface area contributed by atoms with E-state index >= 15 is 0 Å². The van der Waals surface area contributed by atoms with Crippen molar-refractivity contribution in [3.8, 4) is 0 Å². The number of halogens is 2. The highest BCUT2D eigenvalue weighted by Gasteiger charge is 2.13. The predicted octanol–water partition coefficient (Wildman–Crippen LogP) is 5.82. The van der Waals surface area contributed by atoms with E-state index in [1.807, 2.05) is 54.6 Å². The first-order chi connectivity index (χ1) is 17.1. The van der Waals surface area contributed by atoms with Crippen molar-refractivity contribution >= 4 is 44.2 Å². The average molecular weight is 603 g/mol. The summed E-state index contributed by atoms with van der Waals surface area (Å²) in [5.41, 5.74) is 3.63. The second-order valence-corrected chi connectivity index (χ2v) is 10.1. The zero-order valence-electron chi connectivity index (χ0n) is 19.7. The minimum atomic E-state index is 0.185. The first kappa shape index (κ1) is 29.1. The Bertz CT molecular complexity index is 963. The van der Waals surface area contributed by atoms with Crippen LogP contribution in [0.5, 0.6) is 0 Å². The van der Waals surface area contributed by atoms with Gasteiger partial charge in [-0.1, -0.05) is 107 Å². The first-order valence-corrected chi connectivity index (χ1v) is 13.3. The van der Waals surface area contributed by atoms with Gasteiger partial charge in [-0.15, -0.1) is 0 Å². The molecule has 186 valence electrons. The zero-order valence-corrected chi connectivity index (χ0v) is 22.9. The van der Waals surface area contributed by atoms with Crippen molar-refractivity contribution in [2.24, 2.45) is 0 Å². The lowest BCUT2D eigenvalue weighted by molar-refractivity contribution is -0.104. The fourth-order valence-corrected chi connectivity index (χ4v) is 3.94. The molecule has 0 spiro atoms. The Hall–Kier alpha value is -2.09. The maximum atomic E-state index is 10.2. The van der Waals surface area contributed by atoms with Crippen LogP contribution in [-0.2, 0) is 22.4 Å². The summed E-state index contributed by atoms with van der Waals surface area (Å²) in [6.45, 7) is 3.01. The number of hydrogen-bond donors (Lipinski definition) is 2. The largest absolute Gasteiger partial charge is 0.395 e. The number of alkyl halides is 1. The van der Waals surface area contributed by atoms with Gasteiger partial charge < -0.3 is 15.2 Å². The quantitative estimate of drug-likeness (QED) is 0.203. The highest BCUT2D eigenvalue weighted by Crippen LogP contribution is 2.10. The number of carbonyl (C=O) groups is 1. The van der Waals surface area contributed by atoms with Crippen molar-refractivity contribution in [1.29, 1.82) is 0 Å². The van der Waals surface area contributed by atoms with Gasteiger partial charge in [-0.05, 0) is 51.5 Å². The minimum absolute atomic E-state index is 0.185. The standard InChI is InChI=1S/C11H15NO.C9H11BrO.C9H7BrO/c1-2-4-10(5-3-1)8-11-9-12-6-7-13-11;2*10-9(7-11)6-8-4-2-1-3-5-8/h1-5,11-12H,6-9H2;1-5,9,11H,6-7H2;1-7H/b;;9-6+/t11-;9-;/m10./s1. The number of aldehydes is 1. The third kappa shape index (κ3) is 13.5. The van der Waals surface area contributed by atoms with E-state index < -0.39 is 0 Å². The maximum absolute atomic E-state index is 10.2. The molecule has 0 bridgehead atoms. The van der Waals surface area contributed by atoms with Crippen LogP contribution in [0.2, 0.25) is 0 Å². The third-order valence-corrected chi connectivity index (χ3v) is 6.05. The Balaban J connectivity index is 0.000000186. The Labute approximate surface area is 225 Å². The van der Waals surface area contributed by atoms with Crippen LogP contribution in [0.4, 0.5) is 0 Å². The summed E-state index contributed by atoms with van der Waals surface area (Å²) in [5.74, 6) is 0. The molecule has 6 heteroatoms. The molecule has 1 saturated heterocycles. The van der Waals surface area contributed by atoms with Crippen LogP contribution in [0, 0.1) is 0 Å². The number of aliphatic hydroxyl groups is 1. The number of morpholine rings is 1. The molecule has 0 unspecified atom stereocenters. The molecule has 3 aromatic rings. The van der Waals surface area contributed by atoms with Gasteiger partial charge in [-0.2, -0.15) is 0 Å². The number of rotatable bonds is 7. The summed E-state index contributed by atoms with van der Waals surface area (Å²) in [7, 11) is 0. The Morgan fingerprint density at radius 3 is 2.06 bits per heavy atom. The van der Waals surface area contributed by atoms with Gasteiger partial charge in [0, 0.05) is 17.9 Å². The van der Waals surface area contributed by atoms with Gasteiger partial charge in [-0.25, -0.2) is 0 Å². The van der Waals surface area contributed by atoms with Crippen LogP contribution in [0.15, 0.2) is 95.5 Å². The molecular weight excluding hydrogens is 570 g/mol. The van der Waals surface area contributed by atoms with Gasteiger partial charge in [-0.3, -0.25) is 4.79 Å². The van der Waals surface area contributed by atoms with Crippen molar-refractivity contribution in [3.63, 3.8) is 0 Å². The molecule has 0 aromatic heterocycles. The number of aliphatic hydroxyl groups excluding tert-OH is 1. The van der Waals surface area contributed by atoms with Crippen molar-refractivity contribution in [3.05, 3.63) is 112 Å². The summed E-state index contributed by atoms with van der Waals surface area (Å²) in [5, 5.41) is 12.1. The van der Waals surface area contributed by atoms with Crippen LogP contribution in [0.1, 0.15) is 16.7 Å². The number of allylic oxidation sites excluding steroid dienone is 1. The number of nitrogens with one attached hydrogen (secondary N) is 1. The van der Waals surface area contributed by atoms with E-state index in [2.05, 4.69) is 73.6 Å². The molecule has 35 heavy (non-hydrogen) atoms. The van der Waals surface area contributed by atoms with E-state index in [0.717, 1.165) is 44.4 Å². The summed E-state index contributed by atoms with van der Waals surface area (Å²) in [6.07, 6.45) is 4.81. The minimum Gasteiger partial charge on any atom is -0.395 e. The normalized spacial score (nSPS) is 16.1. The van der Waals surface area contributed by atoms with Crippen LogP contribution < -0.4 is 5.32 Å². The van der Waals surface area contributed by atoms with Crippen molar-refractivity contribution in [2.75, 3.05) is 26.3 Å². The zero-order chi connectivity index (χ0) is 25.1. The molecule has 2 atom stereocenters. The highest BCUT2D eigenvalue weighted by molar-refractivity contribution is 9.12. The highest BCUT2D eigenvalue weighted by atomic mass is 79.9.